The second-order valence-corrected chi connectivity index (χ2v) is 4.83. The molecule has 0 radical (unpaired) electrons. The first kappa shape index (κ1) is 16.8. The average molecular weight is 280 g/mol. The minimum Gasteiger partial charge on any atom is -0.383 e. The Morgan fingerprint density at radius 3 is 1.53 bits per heavy atom. The van der Waals surface area contributed by atoms with Crippen molar-refractivity contribution in [3.05, 3.63) is 0 Å². The largest absolute Gasteiger partial charge is 0.383 e. The van der Waals surface area contributed by atoms with Crippen LogP contribution in [0.1, 0.15) is 26.7 Å². The van der Waals surface area contributed by atoms with Crippen LogP contribution in [0, 0.1) is 0 Å². The van der Waals surface area contributed by atoms with E-state index in [4.69, 9.17) is 9.47 Å². The second kappa shape index (κ2) is 7.47. The standard InChI is InChI=1S/C13H26F2N2O2/c1-5-11-12(6-2)17(8-10-19-4)13(14,15)16(11)7-9-18-3/h11-12H,5-10H2,1-4H3. The lowest BCUT2D eigenvalue weighted by molar-refractivity contribution is -0.223. The van der Waals surface area contributed by atoms with Gasteiger partial charge in [-0.25, -0.2) is 9.80 Å². The van der Waals surface area contributed by atoms with Crippen molar-refractivity contribution in [2.45, 2.75) is 44.9 Å². The topological polar surface area (TPSA) is 24.9 Å². The summed E-state index contributed by atoms with van der Waals surface area (Å²) in [7, 11) is 3.07. The molecule has 0 aliphatic carbocycles. The van der Waals surface area contributed by atoms with Crippen molar-refractivity contribution >= 4 is 0 Å². The average Bonchev–Trinajstić information content (AvgIpc) is 2.60. The smallest absolute Gasteiger partial charge is 0.370 e. The normalized spacial score (nSPS) is 28.1. The van der Waals surface area contributed by atoms with Gasteiger partial charge in [0.25, 0.3) is 0 Å². The van der Waals surface area contributed by atoms with Gasteiger partial charge in [-0.1, -0.05) is 13.8 Å². The van der Waals surface area contributed by atoms with Crippen molar-refractivity contribution in [3.63, 3.8) is 0 Å². The molecule has 6 heteroatoms. The van der Waals surface area contributed by atoms with Crippen LogP contribution in [0.5, 0.6) is 0 Å². The van der Waals surface area contributed by atoms with Crippen molar-refractivity contribution in [3.8, 4) is 0 Å². The molecule has 0 aromatic rings. The highest BCUT2D eigenvalue weighted by Crippen LogP contribution is 2.40. The van der Waals surface area contributed by atoms with Crippen molar-refractivity contribution < 1.29 is 18.3 Å². The van der Waals surface area contributed by atoms with Crippen LogP contribution in [0.3, 0.4) is 0 Å². The van der Waals surface area contributed by atoms with Gasteiger partial charge in [-0.15, -0.1) is 0 Å². The number of halogens is 2. The third-order valence-corrected chi connectivity index (χ3v) is 3.85. The van der Waals surface area contributed by atoms with E-state index >= 15 is 0 Å². The number of rotatable bonds is 8. The molecule has 114 valence electrons. The van der Waals surface area contributed by atoms with E-state index in [1.165, 1.54) is 24.0 Å². The van der Waals surface area contributed by atoms with Gasteiger partial charge in [0.2, 0.25) is 0 Å². The van der Waals surface area contributed by atoms with E-state index in [0.29, 0.717) is 26.1 Å². The molecule has 1 rings (SSSR count). The highest BCUT2D eigenvalue weighted by Gasteiger charge is 2.57. The van der Waals surface area contributed by atoms with Crippen LogP contribution >= 0.6 is 0 Å². The number of nitrogens with zero attached hydrogens (tertiary/aromatic N) is 2. The molecule has 0 bridgehead atoms. The number of methoxy groups -OCH3 is 2. The van der Waals surface area contributed by atoms with Crippen molar-refractivity contribution in [1.29, 1.82) is 0 Å². The molecule has 1 saturated heterocycles. The molecule has 0 spiro atoms. The van der Waals surface area contributed by atoms with Gasteiger partial charge in [-0.2, -0.15) is 8.78 Å². The number of hydrogen-bond donors (Lipinski definition) is 0. The third kappa shape index (κ3) is 3.42. The van der Waals surface area contributed by atoms with Crippen LogP contribution < -0.4 is 0 Å². The molecule has 4 nitrogen and oxygen atoms in total. The highest BCUT2D eigenvalue weighted by atomic mass is 19.3. The number of alkyl halides is 2. The summed E-state index contributed by atoms with van der Waals surface area (Å²) in [5, 5.41) is 0. The second-order valence-electron chi connectivity index (χ2n) is 4.83. The van der Waals surface area contributed by atoms with Crippen LogP contribution in [-0.4, -0.2) is 68.6 Å². The van der Waals surface area contributed by atoms with Gasteiger partial charge < -0.3 is 9.47 Å². The van der Waals surface area contributed by atoms with Crippen molar-refractivity contribution in [2.24, 2.45) is 0 Å². The molecule has 1 fully saturated rings. The zero-order valence-electron chi connectivity index (χ0n) is 12.4. The predicted molar refractivity (Wildman–Crippen MR) is 70.3 cm³/mol. The number of ether oxygens (including phenoxy) is 2. The summed E-state index contributed by atoms with van der Waals surface area (Å²) in [6.07, 6.45) is -1.50. The maximum Gasteiger partial charge on any atom is 0.370 e. The quantitative estimate of drug-likeness (QED) is 0.635. The Balaban J connectivity index is 2.90. The highest BCUT2D eigenvalue weighted by molar-refractivity contribution is 4.97. The van der Waals surface area contributed by atoms with Crippen LogP contribution in [0.4, 0.5) is 8.78 Å². The molecular formula is C13H26F2N2O2. The summed E-state index contributed by atoms with van der Waals surface area (Å²) in [5.74, 6) is 0. The first-order chi connectivity index (χ1) is 9.04. The zero-order valence-corrected chi connectivity index (χ0v) is 12.4. The van der Waals surface area contributed by atoms with Gasteiger partial charge in [-0.3, -0.25) is 0 Å². The Bertz CT molecular complexity index is 243. The van der Waals surface area contributed by atoms with Gasteiger partial charge in [0.1, 0.15) is 0 Å². The molecule has 2 unspecified atom stereocenters. The number of hydrogen-bond acceptors (Lipinski definition) is 4. The van der Waals surface area contributed by atoms with Gasteiger partial charge in [0, 0.05) is 39.4 Å². The third-order valence-electron chi connectivity index (χ3n) is 3.85. The lowest BCUT2D eigenvalue weighted by Crippen LogP contribution is -2.49. The molecule has 1 aliphatic heterocycles. The molecule has 0 amide bonds. The van der Waals surface area contributed by atoms with E-state index in [1.54, 1.807) is 0 Å². The summed E-state index contributed by atoms with van der Waals surface area (Å²) >= 11 is 0. The Labute approximate surface area is 114 Å². The van der Waals surface area contributed by atoms with Gasteiger partial charge >= 0.3 is 6.17 Å². The van der Waals surface area contributed by atoms with Gasteiger partial charge in [-0.05, 0) is 12.8 Å². The van der Waals surface area contributed by atoms with Crippen LogP contribution in [0.25, 0.3) is 0 Å². The van der Waals surface area contributed by atoms with E-state index in [-0.39, 0.29) is 25.2 Å². The molecule has 2 atom stereocenters. The van der Waals surface area contributed by atoms with Crippen molar-refractivity contribution in [2.75, 3.05) is 40.5 Å². The monoisotopic (exact) mass is 280 g/mol. The minimum absolute atomic E-state index is 0.132. The fourth-order valence-electron chi connectivity index (χ4n) is 2.94. The molecule has 19 heavy (non-hydrogen) atoms. The first-order valence-corrected chi connectivity index (χ1v) is 6.93. The lowest BCUT2D eigenvalue weighted by atomic mass is 10.0. The maximum absolute atomic E-state index is 14.5. The first-order valence-electron chi connectivity index (χ1n) is 6.93. The summed E-state index contributed by atoms with van der Waals surface area (Å²) in [6, 6.07) is -0.265. The van der Waals surface area contributed by atoms with Crippen molar-refractivity contribution in [1.82, 2.24) is 9.80 Å². The summed E-state index contributed by atoms with van der Waals surface area (Å²) in [4.78, 5) is 2.56. The Morgan fingerprint density at radius 1 is 0.895 bits per heavy atom. The Kier molecular flexibility index (Phi) is 6.59. The molecule has 1 aliphatic rings. The molecule has 0 aromatic heterocycles. The van der Waals surface area contributed by atoms with Gasteiger partial charge in [0.05, 0.1) is 13.2 Å². The van der Waals surface area contributed by atoms with E-state index in [9.17, 15) is 8.78 Å². The van der Waals surface area contributed by atoms with Crippen LogP contribution in [0.15, 0.2) is 0 Å². The van der Waals surface area contributed by atoms with Crippen LogP contribution in [-0.2, 0) is 9.47 Å². The molecule has 0 saturated carbocycles. The fraction of sp³-hybridized carbons (Fsp3) is 1.00. The van der Waals surface area contributed by atoms with E-state index in [2.05, 4.69) is 0 Å². The minimum atomic E-state index is -2.92. The summed E-state index contributed by atoms with van der Waals surface area (Å²) in [6.45, 7) is 5.07. The van der Waals surface area contributed by atoms with Gasteiger partial charge in [0.15, 0.2) is 0 Å². The molecule has 0 aromatic carbocycles. The zero-order chi connectivity index (χ0) is 14.5. The molecular weight excluding hydrogens is 254 g/mol. The summed E-state index contributed by atoms with van der Waals surface area (Å²) < 4.78 is 39.0. The Hall–Kier alpha value is -0.300. The summed E-state index contributed by atoms with van der Waals surface area (Å²) in [5.41, 5.74) is 0. The predicted octanol–water partition coefficient (Wildman–Crippen LogP) is 2.00. The fourth-order valence-corrected chi connectivity index (χ4v) is 2.94. The van der Waals surface area contributed by atoms with E-state index < -0.39 is 6.17 Å². The van der Waals surface area contributed by atoms with Crippen LogP contribution in [0.2, 0.25) is 0 Å². The van der Waals surface area contributed by atoms with E-state index in [0.717, 1.165) is 0 Å². The van der Waals surface area contributed by atoms with E-state index in [1.807, 2.05) is 13.8 Å². The molecule has 1 heterocycles. The SMILES string of the molecule is CCC1C(CC)N(CCOC)C(F)(F)N1CCOC. The molecule has 0 N–H and O–H groups in total. The lowest BCUT2D eigenvalue weighted by Gasteiger charge is -2.30. The maximum atomic E-state index is 14.5. The Morgan fingerprint density at radius 2 is 1.26 bits per heavy atom.